The van der Waals surface area contributed by atoms with Gasteiger partial charge in [-0.1, -0.05) is 18.2 Å². The average Bonchev–Trinajstić information content (AvgIpc) is 2.86. The molecule has 1 N–H and O–H groups in total. The SMILES string of the molecule is CCNc1ncc(CN2C(=O)CCCc3ccccc32)s1. The Labute approximate surface area is 128 Å². The summed E-state index contributed by atoms with van der Waals surface area (Å²) < 4.78 is 0. The molecule has 0 atom stereocenters. The molecule has 1 aliphatic rings. The second-order valence-electron chi connectivity index (χ2n) is 5.12. The van der Waals surface area contributed by atoms with Crippen molar-refractivity contribution in [3.63, 3.8) is 0 Å². The molecule has 0 saturated heterocycles. The van der Waals surface area contributed by atoms with Gasteiger partial charge in [-0.2, -0.15) is 0 Å². The number of anilines is 2. The van der Waals surface area contributed by atoms with Gasteiger partial charge >= 0.3 is 0 Å². The van der Waals surface area contributed by atoms with Crippen LogP contribution in [0.1, 0.15) is 30.2 Å². The Morgan fingerprint density at radius 1 is 1.33 bits per heavy atom. The van der Waals surface area contributed by atoms with E-state index in [1.807, 2.05) is 29.3 Å². The number of para-hydroxylation sites is 1. The summed E-state index contributed by atoms with van der Waals surface area (Å²) in [5, 5.41) is 4.13. The molecule has 5 heteroatoms. The average molecular weight is 301 g/mol. The minimum atomic E-state index is 0.207. The Kier molecular flexibility index (Phi) is 4.20. The number of nitrogens with zero attached hydrogens (tertiary/aromatic N) is 2. The number of hydrogen-bond acceptors (Lipinski definition) is 4. The molecule has 0 bridgehead atoms. The lowest BCUT2D eigenvalue weighted by Gasteiger charge is -2.22. The van der Waals surface area contributed by atoms with Crippen LogP contribution in [-0.4, -0.2) is 17.4 Å². The van der Waals surface area contributed by atoms with E-state index in [-0.39, 0.29) is 5.91 Å². The molecular formula is C16H19N3OS. The molecule has 21 heavy (non-hydrogen) atoms. The second-order valence-corrected chi connectivity index (χ2v) is 6.24. The predicted octanol–water partition coefficient (Wildman–Crippen LogP) is 3.44. The third kappa shape index (κ3) is 3.08. The van der Waals surface area contributed by atoms with E-state index in [9.17, 15) is 4.79 Å². The quantitative estimate of drug-likeness (QED) is 0.941. The number of nitrogens with one attached hydrogen (secondary N) is 1. The van der Waals surface area contributed by atoms with Crippen LogP contribution in [0.5, 0.6) is 0 Å². The summed E-state index contributed by atoms with van der Waals surface area (Å²) >= 11 is 1.62. The number of carbonyl (C=O) groups is 1. The van der Waals surface area contributed by atoms with Gasteiger partial charge in [-0.15, -0.1) is 11.3 Å². The first-order chi connectivity index (χ1) is 10.3. The highest BCUT2D eigenvalue weighted by molar-refractivity contribution is 7.15. The molecule has 0 saturated carbocycles. The van der Waals surface area contributed by atoms with E-state index in [0.29, 0.717) is 13.0 Å². The van der Waals surface area contributed by atoms with Crippen molar-refractivity contribution >= 4 is 28.1 Å². The first-order valence-corrected chi connectivity index (χ1v) is 8.16. The summed E-state index contributed by atoms with van der Waals surface area (Å²) in [7, 11) is 0. The topological polar surface area (TPSA) is 45.2 Å². The number of aryl methyl sites for hydroxylation is 1. The fourth-order valence-corrected chi connectivity index (χ4v) is 3.50. The zero-order valence-corrected chi connectivity index (χ0v) is 12.9. The Balaban J connectivity index is 1.86. The van der Waals surface area contributed by atoms with Gasteiger partial charge in [0.05, 0.1) is 6.54 Å². The van der Waals surface area contributed by atoms with Crippen molar-refractivity contribution < 1.29 is 4.79 Å². The van der Waals surface area contributed by atoms with Gasteiger partial charge in [0.15, 0.2) is 5.13 Å². The molecule has 1 amide bonds. The summed E-state index contributed by atoms with van der Waals surface area (Å²) in [6.07, 6.45) is 4.39. The lowest BCUT2D eigenvalue weighted by atomic mass is 10.1. The van der Waals surface area contributed by atoms with E-state index in [1.165, 1.54) is 5.56 Å². The summed E-state index contributed by atoms with van der Waals surface area (Å²) in [5.74, 6) is 0.207. The van der Waals surface area contributed by atoms with Crippen LogP contribution in [0.3, 0.4) is 0 Å². The fourth-order valence-electron chi connectivity index (χ4n) is 2.63. The lowest BCUT2D eigenvalue weighted by Crippen LogP contribution is -2.29. The number of benzene rings is 1. The van der Waals surface area contributed by atoms with Crippen LogP contribution in [-0.2, 0) is 17.8 Å². The van der Waals surface area contributed by atoms with E-state index >= 15 is 0 Å². The van der Waals surface area contributed by atoms with Crippen LogP contribution in [0.2, 0.25) is 0 Å². The highest BCUT2D eigenvalue weighted by atomic mass is 32.1. The first kappa shape index (κ1) is 14.1. The summed E-state index contributed by atoms with van der Waals surface area (Å²) in [5.41, 5.74) is 2.32. The maximum absolute atomic E-state index is 12.4. The lowest BCUT2D eigenvalue weighted by molar-refractivity contribution is -0.118. The Bertz CT molecular complexity index is 638. The zero-order valence-electron chi connectivity index (χ0n) is 12.1. The number of carbonyl (C=O) groups excluding carboxylic acids is 1. The van der Waals surface area contributed by atoms with E-state index in [0.717, 1.165) is 35.1 Å². The largest absolute Gasteiger partial charge is 0.362 e. The monoisotopic (exact) mass is 301 g/mol. The van der Waals surface area contributed by atoms with Gasteiger partial charge in [0.1, 0.15) is 0 Å². The maximum Gasteiger partial charge on any atom is 0.227 e. The van der Waals surface area contributed by atoms with Crippen LogP contribution >= 0.6 is 11.3 Å². The molecule has 2 aromatic rings. The standard InChI is InChI=1S/C16H19N3OS/c1-2-17-16-18-10-13(21-16)11-19-14-8-4-3-6-12(14)7-5-9-15(19)20/h3-4,6,8,10H,2,5,7,9,11H2,1H3,(H,17,18). The van der Waals surface area contributed by atoms with Crippen LogP contribution < -0.4 is 10.2 Å². The molecule has 3 rings (SSSR count). The van der Waals surface area contributed by atoms with Crippen LogP contribution in [0, 0.1) is 0 Å². The highest BCUT2D eigenvalue weighted by Gasteiger charge is 2.22. The van der Waals surface area contributed by atoms with Gasteiger partial charge in [0.2, 0.25) is 5.91 Å². The number of aromatic nitrogens is 1. The molecule has 1 aromatic carbocycles. The zero-order chi connectivity index (χ0) is 14.7. The second kappa shape index (κ2) is 6.26. The molecule has 1 aliphatic heterocycles. The van der Waals surface area contributed by atoms with E-state index in [1.54, 1.807) is 11.3 Å². The van der Waals surface area contributed by atoms with E-state index < -0.39 is 0 Å². The Morgan fingerprint density at radius 2 is 2.19 bits per heavy atom. The van der Waals surface area contributed by atoms with Crippen LogP contribution in [0.25, 0.3) is 0 Å². The Hall–Kier alpha value is -1.88. The molecule has 110 valence electrons. The number of fused-ring (bicyclic) bond motifs is 1. The van der Waals surface area contributed by atoms with Crippen LogP contribution in [0.4, 0.5) is 10.8 Å². The maximum atomic E-state index is 12.4. The Morgan fingerprint density at radius 3 is 3.05 bits per heavy atom. The number of thiazole rings is 1. The molecule has 2 heterocycles. The van der Waals surface area contributed by atoms with Crippen molar-refractivity contribution in [2.24, 2.45) is 0 Å². The van der Waals surface area contributed by atoms with E-state index in [2.05, 4.69) is 23.3 Å². The number of rotatable bonds is 4. The highest BCUT2D eigenvalue weighted by Crippen LogP contribution is 2.29. The molecule has 0 spiro atoms. The number of hydrogen-bond donors (Lipinski definition) is 1. The van der Waals surface area contributed by atoms with Crippen molar-refractivity contribution in [3.8, 4) is 0 Å². The van der Waals surface area contributed by atoms with Gasteiger partial charge < -0.3 is 10.2 Å². The first-order valence-electron chi connectivity index (χ1n) is 7.34. The summed E-state index contributed by atoms with van der Waals surface area (Å²) in [6.45, 7) is 3.52. The molecule has 0 unspecified atom stereocenters. The molecule has 4 nitrogen and oxygen atoms in total. The number of amides is 1. The fraction of sp³-hybridized carbons (Fsp3) is 0.375. The van der Waals surface area contributed by atoms with Crippen molar-refractivity contribution in [3.05, 3.63) is 40.9 Å². The predicted molar refractivity (Wildman–Crippen MR) is 86.8 cm³/mol. The van der Waals surface area contributed by atoms with Gasteiger partial charge in [-0.25, -0.2) is 4.98 Å². The third-order valence-corrected chi connectivity index (χ3v) is 4.56. The molecule has 0 fully saturated rings. The van der Waals surface area contributed by atoms with Crippen molar-refractivity contribution in [1.29, 1.82) is 0 Å². The summed E-state index contributed by atoms with van der Waals surface area (Å²) in [4.78, 5) is 19.8. The molecular weight excluding hydrogens is 282 g/mol. The van der Waals surface area contributed by atoms with Gasteiger partial charge in [0.25, 0.3) is 0 Å². The van der Waals surface area contributed by atoms with Gasteiger partial charge in [0, 0.05) is 29.7 Å². The van der Waals surface area contributed by atoms with Crippen molar-refractivity contribution in [2.75, 3.05) is 16.8 Å². The molecule has 0 radical (unpaired) electrons. The van der Waals surface area contributed by atoms with Crippen molar-refractivity contribution in [2.45, 2.75) is 32.7 Å². The minimum absolute atomic E-state index is 0.207. The normalized spacial score (nSPS) is 14.7. The van der Waals surface area contributed by atoms with Gasteiger partial charge in [-0.05, 0) is 31.4 Å². The van der Waals surface area contributed by atoms with Crippen molar-refractivity contribution in [1.82, 2.24) is 4.98 Å². The minimum Gasteiger partial charge on any atom is -0.362 e. The molecule has 1 aromatic heterocycles. The molecule has 0 aliphatic carbocycles. The smallest absolute Gasteiger partial charge is 0.227 e. The third-order valence-electron chi connectivity index (χ3n) is 3.62. The summed E-state index contributed by atoms with van der Waals surface area (Å²) in [6, 6.07) is 8.21. The van der Waals surface area contributed by atoms with Crippen LogP contribution in [0.15, 0.2) is 30.5 Å². The van der Waals surface area contributed by atoms with Gasteiger partial charge in [-0.3, -0.25) is 4.79 Å². The van der Waals surface area contributed by atoms with E-state index in [4.69, 9.17) is 0 Å².